The molecular formula is C23H28F3N5O3. The van der Waals surface area contributed by atoms with Crippen LogP contribution in [0.2, 0.25) is 0 Å². The molecule has 4 N–H and O–H groups in total. The summed E-state index contributed by atoms with van der Waals surface area (Å²) in [5.41, 5.74) is 0.655. The van der Waals surface area contributed by atoms with Gasteiger partial charge in [-0.3, -0.25) is 19.8 Å². The van der Waals surface area contributed by atoms with Gasteiger partial charge in [-0.05, 0) is 37.3 Å². The van der Waals surface area contributed by atoms with Crippen LogP contribution in [0.25, 0.3) is 0 Å². The summed E-state index contributed by atoms with van der Waals surface area (Å²) >= 11 is 0. The molecule has 0 aromatic heterocycles. The Kier molecular flexibility index (Phi) is 6.41. The Morgan fingerprint density at radius 3 is 2.59 bits per heavy atom. The molecule has 1 saturated carbocycles. The summed E-state index contributed by atoms with van der Waals surface area (Å²) in [5.74, 6) is -3.08. The van der Waals surface area contributed by atoms with E-state index >= 15 is 0 Å². The van der Waals surface area contributed by atoms with Gasteiger partial charge in [0.05, 0.1) is 5.41 Å². The number of amides is 3. The Bertz CT molecular complexity index is 1020. The van der Waals surface area contributed by atoms with E-state index in [0.29, 0.717) is 37.3 Å². The van der Waals surface area contributed by atoms with E-state index in [2.05, 4.69) is 10.6 Å². The van der Waals surface area contributed by atoms with Crippen LogP contribution in [0.15, 0.2) is 18.2 Å². The zero-order valence-electron chi connectivity index (χ0n) is 18.8. The number of benzene rings is 1. The van der Waals surface area contributed by atoms with Gasteiger partial charge in [-0.2, -0.15) is 13.2 Å². The number of halogens is 3. The average molecular weight is 480 g/mol. The molecule has 184 valence electrons. The van der Waals surface area contributed by atoms with Crippen LogP contribution in [-0.2, 0) is 16.1 Å². The second-order valence-electron chi connectivity index (χ2n) is 9.67. The quantitative estimate of drug-likeness (QED) is 0.382. The molecule has 2 unspecified atom stereocenters. The number of carbonyl (C=O) groups is 3. The minimum atomic E-state index is -5.10. The van der Waals surface area contributed by atoms with E-state index in [1.54, 1.807) is 11.0 Å². The molecule has 1 aliphatic carbocycles. The minimum Gasteiger partial charge on any atom is -0.352 e. The van der Waals surface area contributed by atoms with Crippen molar-refractivity contribution < 1.29 is 27.6 Å². The first-order valence-electron chi connectivity index (χ1n) is 11.4. The number of hydrogen-bond donors (Lipinski definition) is 4. The van der Waals surface area contributed by atoms with E-state index in [0.717, 1.165) is 25.7 Å². The van der Waals surface area contributed by atoms with Gasteiger partial charge in [-0.25, -0.2) is 0 Å². The SMILES string of the molecule is CC1(C(=O)NC2CCCCC2CN2Cc3ccc(C(=N)NC(=O)C(F)(F)F)cc3C2=O)CNC1. The number of alkyl halides is 3. The topological polar surface area (TPSA) is 114 Å². The summed E-state index contributed by atoms with van der Waals surface area (Å²) in [6.07, 6.45) is -1.33. The molecule has 3 amide bonds. The molecule has 2 heterocycles. The first kappa shape index (κ1) is 24.2. The van der Waals surface area contributed by atoms with Gasteiger partial charge in [0.25, 0.3) is 5.91 Å². The van der Waals surface area contributed by atoms with Gasteiger partial charge in [0.2, 0.25) is 5.91 Å². The molecule has 0 bridgehead atoms. The lowest BCUT2D eigenvalue weighted by Crippen LogP contribution is -2.62. The molecule has 2 aliphatic heterocycles. The van der Waals surface area contributed by atoms with E-state index in [4.69, 9.17) is 5.41 Å². The third kappa shape index (κ3) is 4.79. The zero-order chi connectivity index (χ0) is 24.7. The molecule has 0 spiro atoms. The van der Waals surface area contributed by atoms with Gasteiger partial charge < -0.3 is 20.9 Å². The van der Waals surface area contributed by atoms with Gasteiger partial charge in [0.15, 0.2) is 0 Å². The molecule has 2 atom stereocenters. The Labute approximate surface area is 195 Å². The van der Waals surface area contributed by atoms with Crippen LogP contribution in [0.1, 0.15) is 54.1 Å². The normalized spacial score (nSPS) is 23.6. The fourth-order valence-corrected chi connectivity index (χ4v) is 4.82. The zero-order valence-corrected chi connectivity index (χ0v) is 18.8. The third-order valence-corrected chi connectivity index (χ3v) is 7.03. The largest absolute Gasteiger partial charge is 0.471 e. The Balaban J connectivity index is 1.41. The van der Waals surface area contributed by atoms with Crippen molar-refractivity contribution in [2.45, 2.75) is 51.4 Å². The van der Waals surface area contributed by atoms with Crippen molar-refractivity contribution in [1.29, 1.82) is 5.41 Å². The lowest BCUT2D eigenvalue weighted by molar-refractivity contribution is -0.171. The van der Waals surface area contributed by atoms with Crippen LogP contribution in [-0.4, -0.2) is 60.3 Å². The van der Waals surface area contributed by atoms with Crippen molar-refractivity contribution in [2.75, 3.05) is 19.6 Å². The lowest BCUT2D eigenvalue weighted by atomic mass is 9.80. The number of rotatable bonds is 5. The maximum Gasteiger partial charge on any atom is 0.471 e. The van der Waals surface area contributed by atoms with E-state index in [9.17, 15) is 27.6 Å². The predicted molar refractivity (Wildman–Crippen MR) is 117 cm³/mol. The smallest absolute Gasteiger partial charge is 0.352 e. The molecule has 34 heavy (non-hydrogen) atoms. The summed E-state index contributed by atoms with van der Waals surface area (Å²) in [5, 5.41) is 15.6. The van der Waals surface area contributed by atoms with Gasteiger partial charge in [0, 0.05) is 43.3 Å². The maximum absolute atomic E-state index is 13.1. The second kappa shape index (κ2) is 9.01. The molecule has 11 heteroatoms. The monoisotopic (exact) mass is 479 g/mol. The highest BCUT2D eigenvalue weighted by atomic mass is 19.4. The fourth-order valence-electron chi connectivity index (χ4n) is 4.82. The first-order valence-corrected chi connectivity index (χ1v) is 11.4. The van der Waals surface area contributed by atoms with Crippen LogP contribution in [0, 0.1) is 16.7 Å². The molecule has 8 nitrogen and oxygen atoms in total. The van der Waals surface area contributed by atoms with Crippen molar-refractivity contribution in [3.63, 3.8) is 0 Å². The first-order chi connectivity index (χ1) is 16.0. The summed E-state index contributed by atoms with van der Waals surface area (Å²) in [4.78, 5) is 38.6. The van der Waals surface area contributed by atoms with Gasteiger partial charge in [0.1, 0.15) is 5.84 Å². The lowest BCUT2D eigenvalue weighted by Gasteiger charge is -2.41. The number of amidine groups is 1. The summed E-state index contributed by atoms with van der Waals surface area (Å²) in [7, 11) is 0. The molecule has 1 aromatic rings. The van der Waals surface area contributed by atoms with Crippen LogP contribution >= 0.6 is 0 Å². The summed E-state index contributed by atoms with van der Waals surface area (Å²) < 4.78 is 37.4. The van der Waals surface area contributed by atoms with Crippen LogP contribution in [0.5, 0.6) is 0 Å². The third-order valence-electron chi connectivity index (χ3n) is 7.03. The molecule has 0 radical (unpaired) electrons. The number of carbonyl (C=O) groups excluding carboxylic acids is 3. The highest BCUT2D eigenvalue weighted by molar-refractivity contribution is 6.09. The summed E-state index contributed by atoms with van der Waals surface area (Å²) in [6.45, 7) is 4.05. The Morgan fingerprint density at radius 1 is 1.24 bits per heavy atom. The fraction of sp³-hybridized carbons (Fsp3) is 0.565. The van der Waals surface area contributed by atoms with Crippen LogP contribution in [0.4, 0.5) is 13.2 Å². The van der Waals surface area contributed by atoms with Crippen molar-refractivity contribution in [3.8, 4) is 0 Å². The Hall–Kier alpha value is -2.95. The van der Waals surface area contributed by atoms with Crippen LogP contribution in [0.3, 0.4) is 0 Å². The van der Waals surface area contributed by atoms with Crippen LogP contribution < -0.4 is 16.0 Å². The van der Waals surface area contributed by atoms with Crippen molar-refractivity contribution in [3.05, 3.63) is 34.9 Å². The molecular weight excluding hydrogens is 451 g/mol. The van der Waals surface area contributed by atoms with E-state index in [1.165, 1.54) is 17.4 Å². The highest BCUT2D eigenvalue weighted by Gasteiger charge is 2.42. The molecule has 3 aliphatic rings. The van der Waals surface area contributed by atoms with Gasteiger partial charge >= 0.3 is 12.1 Å². The van der Waals surface area contributed by atoms with E-state index in [-0.39, 0.29) is 29.3 Å². The number of nitrogens with one attached hydrogen (secondary N) is 4. The van der Waals surface area contributed by atoms with Crippen molar-refractivity contribution in [1.82, 2.24) is 20.9 Å². The number of hydrogen-bond acceptors (Lipinski definition) is 5. The van der Waals surface area contributed by atoms with Crippen molar-refractivity contribution in [2.24, 2.45) is 11.3 Å². The van der Waals surface area contributed by atoms with Gasteiger partial charge in [-0.1, -0.05) is 25.0 Å². The second-order valence-corrected chi connectivity index (χ2v) is 9.67. The van der Waals surface area contributed by atoms with Crippen molar-refractivity contribution >= 4 is 23.6 Å². The Morgan fingerprint density at radius 2 is 1.94 bits per heavy atom. The average Bonchev–Trinajstić information content (AvgIpc) is 3.07. The molecule has 1 saturated heterocycles. The number of nitrogens with zero attached hydrogens (tertiary/aromatic N) is 1. The molecule has 1 aromatic carbocycles. The molecule has 4 rings (SSSR count). The highest BCUT2D eigenvalue weighted by Crippen LogP contribution is 2.31. The number of fused-ring (bicyclic) bond motifs is 1. The van der Waals surface area contributed by atoms with Gasteiger partial charge in [-0.15, -0.1) is 0 Å². The molecule has 2 fully saturated rings. The summed E-state index contributed by atoms with van der Waals surface area (Å²) in [6, 6.07) is 4.35. The minimum absolute atomic E-state index is 0.0171. The standard InChI is InChI=1S/C23H28F3N5O3/c1-22(11-28-12-22)20(33)29-17-5-3-2-4-15(17)10-31-9-14-7-6-13(8-16(14)19(31)32)18(27)30-21(34)23(24,25)26/h6-8,15,17,28H,2-5,9-12H2,1H3,(H,29,33)(H2,27,30,34). The van der Waals surface area contributed by atoms with E-state index in [1.807, 2.05) is 6.92 Å². The maximum atomic E-state index is 13.1. The van der Waals surface area contributed by atoms with E-state index < -0.39 is 23.3 Å². The predicted octanol–water partition coefficient (Wildman–Crippen LogP) is 1.93.